The molecule has 1 aromatic heterocycles. The molecular formula is C19H24F3NO2. The lowest BCUT2D eigenvalue weighted by Gasteiger charge is -2.21. The van der Waals surface area contributed by atoms with Gasteiger partial charge < -0.3 is 9.30 Å². The number of hydrogen-bond acceptors (Lipinski definition) is 2. The van der Waals surface area contributed by atoms with Gasteiger partial charge in [-0.1, -0.05) is 32.9 Å². The predicted octanol–water partition coefficient (Wildman–Crippen LogP) is 4.66. The second kappa shape index (κ2) is 8.04. The highest BCUT2D eigenvalue weighted by molar-refractivity contribution is 5.82. The molecule has 0 aliphatic carbocycles. The van der Waals surface area contributed by atoms with Gasteiger partial charge in [-0.05, 0) is 30.4 Å². The Bertz CT molecular complexity index is 779. The quantitative estimate of drug-likeness (QED) is 0.677. The average molecular weight is 355 g/mol. The number of rotatable bonds is 7. The van der Waals surface area contributed by atoms with Crippen molar-refractivity contribution in [3.05, 3.63) is 45.7 Å². The SMILES string of the molecule is CCc1cccc2c(=O)cc(C(C)C)n(CCCOCC(F)(F)F)c12. The summed E-state index contributed by atoms with van der Waals surface area (Å²) in [5.74, 6) is 0.137. The molecule has 2 rings (SSSR count). The molecule has 0 N–H and O–H groups in total. The number of ether oxygens (including phenoxy) is 1. The first-order valence-electron chi connectivity index (χ1n) is 8.54. The van der Waals surface area contributed by atoms with Crippen LogP contribution in [-0.2, 0) is 17.7 Å². The summed E-state index contributed by atoms with van der Waals surface area (Å²) < 4.78 is 43.3. The minimum absolute atomic E-state index is 0.0152. The van der Waals surface area contributed by atoms with E-state index in [0.29, 0.717) is 18.4 Å². The van der Waals surface area contributed by atoms with Gasteiger partial charge in [0.25, 0.3) is 0 Å². The Morgan fingerprint density at radius 2 is 1.96 bits per heavy atom. The molecule has 138 valence electrons. The molecule has 0 spiro atoms. The molecular weight excluding hydrogens is 331 g/mol. The Balaban J connectivity index is 2.34. The molecule has 2 aromatic rings. The third-order valence-electron chi connectivity index (χ3n) is 4.15. The average Bonchev–Trinajstić information content (AvgIpc) is 2.54. The molecule has 1 heterocycles. The van der Waals surface area contributed by atoms with Crippen LogP contribution in [0.4, 0.5) is 13.2 Å². The van der Waals surface area contributed by atoms with Gasteiger partial charge in [0.05, 0.1) is 5.52 Å². The van der Waals surface area contributed by atoms with Gasteiger partial charge in [-0.2, -0.15) is 13.2 Å². The Kier molecular flexibility index (Phi) is 6.27. The van der Waals surface area contributed by atoms with Crippen LogP contribution in [0.15, 0.2) is 29.1 Å². The van der Waals surface area contributed by atoms with Gasteiger partial charge in [-0.3, -0.25) is 4.79 Å². The van der Waals surface area contributed by atoms with Gasteiger partial charge in [0, 0.05) is 30.3 Å². The molecule has 0 atom stereocenters. The zero-order valence-electron chi connectivity index (χ0n) is 14.8. The lowest BCUT2D eigenvalue weighted by Crippen LogP contribution is -2.20. The fourth-order valence-corrected chi connectivity index (χ4v) is 3.05. The zero-order valence-corrected chi connectivity index (χ0v) is 14.8. The summed E-state index contributed by atoms with van der Waals surface area (Å²) in [5.41, 5.74) is 2.83. The van der Waals surface area contributed by atoms with Crippen LogP contribution >= 0.6 is 0 Å². The van der Waals surface area contributed by atoms with E-state index < -0.39 is 12.8 Å². The van der Waals surface area contributed by atoms with E-state index >= 15 is 0 Å². The van der Waals surface area contributed by atoms with Gasteiger partial charge in [0.2, 0.25) is 0 Å². The van der Waals surface area contributed by atoms with Crippen molar-refractivity contribution in [3.8, 4) is 0 Å². The Labute approximate surface area is 145 Å². The molecule has 25 heavy (non-hydrogen) atoms. The van der Waals surface area contributed by atoms with Gasteiger partial charge in [-0.15, -0.1) is 0 Å². The summed E-state index contributed by atoms with van der Waals surface area (Å²) in [4.78, 5) is 12.4. The predicted molar refractivity (Wildman–Crippen MR) is 93.2 cm³/mol. The Morgan fingerprint density at radius 3 is 2.56 bits per heavy atom. The van der Waals surface area contributed by atoms with E-state index in [4.69, 9.17) is 4.74 Å². The van der Waals surface area contributed by atoms with Crippen LogP contribution in [0, 0.1) is 0 Å². The van der Waals surface area contributed by atoms with E-state index in [0.717, 1.165) is 23.2 Å². The normalized spacial score (nSPS) is 12.3. The van der Waals surface area contributed by atoms with Gasteiger partial charge in [-0.25, -0.2) is 0 Å². The van der Waals surface area contributed by atoms with Crippen LogP contribution < -0.4 is 5.43 Å². The van der Waals surface area contributed by atoms with E-state index in [9.17, 15) is 18.0 Å². The van der Waals surface area contributed by atoms with Crippen molar-refractivity contribution in [2.45, 2.75) is 52.3 Å². The maximum Gasteiger partial charge on any atom is 0.411 e. The van der Waals surface area contributed by atoms with E-state index in [1.165, 1.54) is 0 Å². The number of benzene rings is 1. The van der Waals surface area contributed by atoms with Crippen molar-refractivity contribution < 1.29 is 17.9 Å². The largest absolute Gasteiger partial charge is 0.411 e. The number of nitrogens with zero attached hydrogens (tertiary/aromatic N) is 1. The first kappa shape index (κ1) is 19.5. The molecule has 0 aliphatic heterocycles. The zero-order chi connectivity index (χ0) is 18.6. The molecule has 0 aliphatic rings. The fourth-order valence-electron chi connectivity index (χ4n) is 3.05. The number of halogens is 3. The van der Waals surface area contributed by atoms with Crippen LogP contribution in [0.5, 0.6) is 0 Å². The molecule has 1 aromatic carbocycles. The second-order valence-electron chi connectivity index (χ2n) is 6.43. The van der Waals surface area contributed by atoms with Crippen molar-refractivity contribution in [3.63, 3.8) is 0 Å². The van der Waals surface area contributed by atoms with Crippen molar-refractivity contribution >= 4 is 10.9 Å². The molecule has 0 amide bonds. The summed E-state index contributed by atoms with van der Waals surface area (Å²) in [6.07, 6.45) is -3.07. The Morgan fingerprint density at radius 1 is 1.24 bits per heavy atom. The molecule has 0 fully saturated rings. The number of hydrogen-bond donors (Lipinski definition) is 0. The minimum Gasteiger partial charge on any atom is -0.372 e. The van der Waals surface area contributed by atoms with Crippen LogP contribution in [0.1, 0.15) is 44.4 Å². The van der Waals surface area contributed by atoms with E-state index in [-0.39, 0.29) is 18.0 Å². The summed E-state index contributed by atoms with van der Waals surface area (Å²) in [5, 5.41) is 0.653. The molecule has 6 heteroatoms. The minimum atomic E-state index is -4.30. The van der Waals surface area contributed by atoms with Crippen LogP contribution in [-0.4, -0.2) is 24.0 Å². The molecule has 0 radical (unpaired) electrons. The van der Waals surface area contributed by atoms with Crippen molar-refractivity contribution in [1.82, 2.24) is 4.57 Å². The van der Waals surface area contributed by atoms with Crippen molar-refractivity contribution in [2.24, 2.45) is 0 Å². The summed E-state index contributed by atoms with van der Waals surface area (Å²) in [6, 6.07) is 7.30. The lowest BCUT2D eigenvalue weighted by molar-refractivity contribution is -0.174. The Hall–Kier alpha value is -1.82. The summed E-state index contributed by atoms with van der Waals surface area (Å²) in [7, 11) is 0. The standard InChI is InChI=1S/C19H24F3NO2/c1-4-14-7-5-8-15-17(24)11-16(13(2)3)23(18(14)15)9-6-10-25-12-19(20,21)22/h5,7-8,11,13H,4,6,9-10,12H2,1-3H3. The number of aromatic nitrogens is 1. The highest BCUT2D eigenvalue weighted by Crippen LogP contribution is 2.23. The number of aryl methyl sites for hydroxylation is 2. The third kappa shape index (κ3) is 4.84. The number of fused-ring (bicyclic) bond motifs is 1. The van der Waals surface area contributed by atoms with E-state index in [1.54, 1.807) is 12.1 Å². The summed E-state index contributed by atoms with van der Waals surface area (Å²) >= 11 is 0. The molecule has 0 saturated heterocycles. The maximum absolute atomic E-state index is 12.4. The number of alkyl halides is 3. The van der Waals surface area contributed by atoms with Gasteiger partial charge >= 0.3 is 6.18 Å². The summed E-state index contributed by atoms with van der Waals surface area (Å²) in [6.45, 7) is 5.35. The lowest BCUT2D eigenvalue weighted by atomic mass is 10.0. The first-order chi connectivity index (χ1) is 11.7. The second-order valence-corrected chi connectivity index (χ2v) is 6.43. The van der Waals surface area contributed by atoms with Gasteiger partial charge in [0.15, 0.2) is 5.43 Å². The third-order valence-corrected chi connectivity index (χ3v) is 4.15. The van der Waals surface area contributed by atoms with Gasteiger partial charge in [0.1, 0.15) is 6.61 Å². The molecule has 0 bridgehead atoms. The highest BCUT2D eigenvalue weighted by Gasteiger charge is 2.27. The first-order valence-corrected chi connectivity index (χ1v) is 8.54. The van der Waals surface area contributed by atoms with Crippen molar-refractivity contribution in [2.75, 3.05) is 13.2 Å². The monoisotopic (exact) mass is 355 g/mol. The maximum atomic E-state index is 12.4. The number of pyridine rings is 1. The molecule has 3 nitrogen and oxygen atoms in total. The van der Waals surface area contributed by atoms with Crippen LogP contribution in [0.2, 0.25) is 0 Å². The number of para-hydroxylation sites is 1. The smallest absolute Gasteiger partial charge is 0.372 e. The van der Waals surface area contributed by atoms with Crippen molar-refractivity contribution in [1.29, 1.82) is 0 Å². The topological polar surface area (TPSA) is 31.2 Å². The van der Waals surface area contributed by atoms with Crippen LogP contribution in [0.25, 0.3) is 10.9 Å². The highest BCUT2D eigenvalue weighted by atomic mass is 19.4. The van der Waals surface area contributed by atoms with E-state index in [1.807, 2.05) is 32.9 Å². The van der Waals surface area contributed by atoms with E-state index in [2.05, 4.69) is 4.57 Å². The molecule has 0 unspecified atom stereocenters. The fraction of sp³-hybridized carbons (Fsp3) is 0.526. The molecule has 0 saturated carbocycles. The van der Waals surface area contributed by atoms with Crippen LogP contribution in [0.3, 0.4) is 0 Å².